The van der Waals surface area contributed by atoms with Crippen molar-refractivity contribution in [1.29, 1.82) is 0 Å². The predicted octanol–water partition coefficient (Wildman–Crippen LogP) is 3.60. The molecule has 0 saturated heterocycles. The summed E-state index contributed by atoms with van der Waals surface area (Å²) >= 11 is 0. The first-order valence-electron chi connectivity index (χ1n) is 7.79. The van der Waals surface area contributed by atoms with Crippen LogP contribution < -0.4 is 4.74 Å². The third-order valence-electron chi connectivity index (χ3n) is 3.88. The second-order valence-corrected chi connectivity index (χ2v) is 8.18. The van der Waals surface area contributed by atoms with Gasteiger partial charge in [0.05, 0.1) is 17.9 Å². The number of hydrogen-bond donors (Lipinski definition) is 0. The number of rotatable bonds is 7. The number of benzene rings is 2. The van der Waals surface area contributed by atoms with E-state index in [4.69, 9.17) is 4.74 Å². The van der Waals surface area contributed by atoms with E-state index in [1.54, 1.807) is 0 Å². The SMILES string of the molecule is Cc1cc(OCCCS(C)(=O)=O)c(C=O)c(C)c1-c1ccccc1. The maximum absolute atomic E-state index is 11.6. The summed E-state index contributed by atoms with van der Waals surface area (Å²) in [5, 5.41) is 0. The van der Waals surface area contributed by atoms with Crippen LogP contribution in [0.25, 0.3) is 11.1 Å². The molecule has 0 unspecified atom stereocenters. The fourth-order valence-corrected chi connectivity index (χ4v) is 3.42. The van der Waals surface area contributed by atoms with Crippen molar-refractivity contribution < 1.29 is 17.9 Å². The van der Waals surface area contributed by atoms with Crippen molar-refractivity contribution in [2.24, 2.45) is 0 Å². The highest BCUT2D eigenvalue weighted by atomic mass is 32.2. The maximum atomic E-state index is 11.6. The summed E-state index contributed by atoms with van der Waals surface area (Å²) in [6.45, 7) is 4.15. The molecule has 0 bridgehead atoms. The maximum Gasteiger partial charge on any atom is 0.154 e. The summed E-state index contributed by atoms with van der Waals surface area (Å²) in [5.41, 5.74) is 4.48. The van der Waals surface area contributed by atoms with Gasteiger partial charge < -0.3 is 4.74 Å². The third-order valence-corrected chi connectivity index (χ3v) is 4.91. The van der Waals surface area contributed by atoms with Gasteiger partial charge in [-0.2, -0.15) is 0 Å². The standard InChI is InChI=1S/C19H22O4S/c1-14-12-18(23-10-7-11-24(3,21)22)17(13-20)15(2)19(14)16-8-5-4-6-9-16/h4-6,8-9,12-13H,7,10-11H2,1-3H3. The van der Waals surface area contributed by atoms with E-state index >= 15 is 0 Å². The molecule has 0 aliphatic carbocycles. The van der Waals surface area contributed by atoms with Crippen molar-refractivity contribution in [3.8, 4) is 16.9 Å². The Morgan fingerprint density at radius 3 is 2.38 bits per heavy atom. The molecule has 5 heteroatoms. The molecule has 0 radical (unpaired) electrons. The molecule has 24 heavy (non-hydrogen) atoms. The largest absolute Gasteiger partial charge is 0.493 e. The van der Waals surface area contributed by atoms with Gasteiger partial charge in [-0.1, -0.05) is 30.3 Å². The summed E-state index contributed by atoms with van der Waals surface area (Å²) in [4.78, 5) is 11.6. The summed E-state index contributed by atoms with van der Waals surface area (Å²) in [6, 6.07) is 11.7. The molecule has 0 aliphatic rings. The number of carbonyl (C=O) groups is 1. The van der Waals surface area contributed by atoms with Crippen LogP contribution in [0.2, 0.25) is 0 Å². The molecule has 0 N–H and O–H groups in total. The van der Waals surface area contributed by atoms with Crippen LogP contribution in [0.5, 0.6) is 5.75 Å². The van der Waals surface area contributed by atoms with E-state index < -0.39 is 9.84 Å². The van der Waals surface area contributed by atoms with Crippen molar-refractivity contribution in [3.63, 3.8) is 0 Å². The molecule has 0 saturated carbocycles. The van der Waals surface area contributed by atoms with Crippen LogP contribution in [-0.2, 0) is 9.84 Å². The van der Waals surface area contributed by atoms with Gasteiger partial charge in [0.25, 0.3) is 0 Å². The lowest BCUT2D eigenvalue weighted by Crippen LogP contribution is -2.09. The number of aldehydes is 1. The molecular formula is C19H22O4S. The molecule has 2 aromatic carbocycles. The van der Waals surface area contributed by atoms with E-state index in [2.05, 4.69) is 0 Å². The van der Waals surface area contributed by atoms with Crippen LogP contribution in [0.4, 0.5) is 0 Å². The van der Waals surface area contributed by atoms with Gasteiger partial charge in [-0.15, -0.1) is 0 Å². The zero-order chi connectivity index (χ0) is 17.7. The Morgan fingerprint density at radius 1 is 1.12 bits per heavy atom. The molecule has 0 aliphatic heterocycles. The zero-order valence-electron chi connectivity index (χ0n) is 14.2. The van der Waals surface area contributed by atoms with Crippen molar-refractivity contribution in [2.45, 2.75) is 20.3 Å². The van der Waals surface area contributed by atoms with Crippen molar-refractivity contribution in [1.82, 2.24) is 0 Å². The van der Waals surface area contributed by atoms with Crippen molar-refractivity contribution in [2.75, 3.05) is 18.6 Å². The lowest BCUT2D eigenvalue weighted by atomic mass is 9.92. The monoisotopic (exact) mass is 346 g/mol. The minimum Gasteiger partial charge on any atom is -0.493 e. The van der Waals surface area contributed by atoms with Gasteiger partial charge in [0, 0.05) is 6.26 Å². The van der Waals surface area contributed by atoms with Gasteiger partial charge in [0.15, 0.2) is 6.29 Å². The van der Waals surface area contributed by atoms with Crippen LogP contribution in [0.1, 0.15) is 27.9 Å². The minimum atomic E-state index is -3.00. The molecule has 4 nitrogen and oxygen atoms in total. The van der Waals surface area contributed by atoms with E-state index in [-0.39, 0.29) is 12.4 Å². The summed E-state index contributed by atoms with van der Waals surface area (Å²) < 4.78 is 28.0. The Bertz CT molecular complexity index is 824. The van der Waals surface area contributed by atoms with Crippen molar-refractivity contribution in [3.05, 3.63) is 53.1 Å². The first-order chi connectivity index (χ1) is 11.3. The number of carbonyl (C=O) groups excluding carboxylic acids is 1. The highest BCUT2D eigenvalue weighted by molar-refractivity contribution is 7.90. The molecule has 0 aromatic heterocycles. The highest BCUT2D eigenvalue weighted by Crippen LogP contribution is 2.34. The fraction of sp³-hybridized carbons (Fsp3) is 0.316. The molecule has 2 aromatic rings. The first-order valence-corrected chi connectivity index (χ1v) is 9.85. The first kappa shape index (κ1) is 18.2. The van der Waals surface area contributed by atoms with Crippen LogP contribution in [0.15, 0.2) is 36.4 Å². The molecular weight excluding hydrogens is 324 g/mol. The van der Waals surface area contributed by atoms with Gasteiger partial charge >= 0.3 is 0 Å². The normalized spacial score (nSPS) is 11.3. The second kappa shape index (κ2) is 7.62. The van der Waals surface area contributed by atoms with Gasteiger partial charge in [-0.05, 0) is 48.6 Å². The third kappa shape index (κ3) is 4.45. The second-order valence-electron chi connectivity index (χ2n) is 5.92. The van der Waals surface area contributed by atoms with E-state index in [1.165, 1.54) is 6.26 Å². The lowest BCUT2D eigenvalue weighted by Gasteiger charge is -2.17. The average Bonchev–Trinajstić information content (AvgIpc) is 2.51. The Kier molecular flexibility index (Phi) is 5.78. The number of ether oxygens (including phenoxy) is 1. The Labute approximate surface area is 143 Å². The van der Waals surface area contributed by atoms with Crippen LogP contribution in [-0.4, -0.2) is 33.3 Å². The topological polar surface area (TPSA) is 60.4 Å². The quantitative estimate of drug-likeness (QED) is 0.568. The van der Waals surface area contributed by atoms with Crippen molar-refractivity contribution >= 4 is 16.1 Å². The summed E-state index contributed by atoms with van der Waals surface area (Å²) in [7, 11) is -3.00. The average molecular weight is 346 g/mol. The Balaban J connectivity index is 2.30. The molecule has 2 rings (SSSR count). The minimum absolute atomic E-state index is 0.0729. The molecule has 0 heterocycles. The number of hydrogen-bond acceptors (Lipinski definition) is 4. The summed E-state index contributed by atoms with van der Waals surface area (Å²) in [6.07, 6.45) is 2.40. The predicted molar refractivity (Wildman–Crippen MR) is 96.6 cm³/mol. The van der Waals surface area contributed by atoms with Gasteiger partial charge in [0.1, 0.15) is 15.6 Å². The molecule has 0 fully saturated rings. The Hall–Kier alpha value is -2.14. The number of aryl methyl sites for hydroxylation is 1. The molecule has 0 amide bonds. The molecule has 128 valence electrons. The van der Waals surface area contributed by atoms with Crippen LogP contribution in [0.3, 0.4) is 0 Å². The Morgan fingerprint density at radius 2 is 1.79 bits per heavy atom. The molecule has 0 spiro atoms. The van der Waals surface area contributed by atoms with E-state index in [0.717, 1.165) is 28.5 Å². The van der Waals surface area contributed by atoms with Crippen LogP contribution in [0, 0.1) is 13.8 Å². The van der Waals surface area contributed by atoms with Gasteiger partial charge in [-0.25, -0.2) is 8.42 Å². The highest BCUT2D eigenvalue weighted by Gasteiger charge is 2.15. The van der Waals surface area contributed by atoms with E-state index in [0.29, 0.717) is 17.7 Å². The van der Waals surface area contributed by atoms with E-state index in [9.17, 15) is 13.2 Å². The molecule has 0 atom stereocenters. The van der Waals surface area contributed by atoms with Gasteiger partial charge in [-0.3, -0.25) is 4.79 Å². The fourth-order valence-electron chi connectivity index (χ4n) is 2.78. The lowest BCUT2D eigenvalue weighted by molar-refractivity contribution is 0.111. The zero-order valence-corrected chi connectivity index (χ0v) is 15.0. The van der Waals surface area contributed by atoms with Gasteiger partial charge in [0.2, 0.25) is 0 Å². The van der Waals surface area contributed by atoms with Crippen LogP contribution >= 0.6 is 0 Å². The number of sulfone groups is 1. The van der Waals surface area contributed by atoms with E-state index in [1.807, 2.05) is 50.2 Å². The smallest absolute Gasteiger partial charge is 0.154 e. The summed E-state index contributed by atoms with van der Waals surface area (Å²) in [5.74, 6) is 0.580.